The number of likely N-dealkylation sites (N-methyl/N-ethyl adjacent to an activating group) is 1. The SMILES string of the molecule is CCN1CCCC1CNC(=NCc1nnc(C)n1C)NC1CCN(C2CCCC2)CC1. The summed E-state index contributed by atoms with van der Waals surface area (Å²) >= 11 is 0. The van der Waals surface area contributed by atoms with Crippen molar-refractivity contribution >= 4 is 5.96 Å². The summed E-state index contributed by atoms with van der Waals surface area (Å²) in [6.07, 6.45) is 10.6. The van der Waals surface area contributed by atoms with E-state index >= 15 is 0 Å². The molecule has 1 unspecified atom stereocenters. The smallest absolute Gasteiger partial charge is 0.191 e. The lowest BCUT2D eigenvalue weighted by Gasteiger charge is -2.36. The van der Waals surface area contributed by atoms with E-state index in [2.05, 4.69) is 37.6 Å². The molecular weight excluding hydrogens is 388 g/mol. The highest BCUT2D eigenvalue weighted by molar-refractivity contribution is 5.80. The van der Waals surface area contributed by atoms with E-state index in [1.807, 2.05) is 18.5 Å². The molecule has 8 nitrogen and oxygen atoms in total. The minimum Gasteiger partial charge on any atom is -0.355 e. The van der Waals surface area contributed by atoms with Crippen LogP contribution in [0, 0.1) is 6.92 Å². The quantitative estimate of drug-likeness (QED) is 0.510. The molecule has 2 N–H and O–H groups in total. The second kappa shape index (κ2) is 10.8. The zero-order chi connectivity index (χ0) is 21.6. The zero-order valence-corrected chi connectivity index (χ0v) is 19.8. The monoisotopic (exact) mass is 430 g/mol. The van der Waals surface area contributed by atoms with Crippen LogP contribution in [0.3, 0.4) is 0 Å². The lowest BCUT2D eigenvalue weighted by molar-refractivity contribution is 0.150. The number of aliphatic imine (C=N–C) groups is 1. The third-order valence-electron chi connectivity index (χ3n) is 7.68. The van der Waals surface area contributed by atoms with E-state index in [0.29, 0.717) is 18.6 Å². The van der Waals surface area contributed by atoms with Gasteiger partial charge in [0.05, 0.1) is 0 Å². The molecule has 8 heteroatoms. The van der Waals surface area contributed by atoms with Gasteiger partial charge in [-0.1, -0.05) is 19.8 Å². The van der Waals surface area contributed by atoms with Gasteiger partial charge < -0.3 is 20.1 Å². The third kappa shape index (κ3) is 5.77. The molecule has 1 atom stereocenters. The van der Waals surface area contributed by atoms with Crippen molar-refractivity contribution in [3.05, 3.63) is 11.6 Å². The van der Waals surface area contributed by atoms with Gasteiger partial charge in [0.25, 0.3) is 0 Å². The molecule has 0 amide bonds. The molecule has 3 heterocycles. The molecule has 1 saturated carbocycles. The van der Waals surface area contributed by atoms with Gasteiger partial charge in [0.15, 0.2) is 11.8 Å². The van der Waals surface area contributed by atoms with Crippen molar-refractivity contribution in [3.63, 3.8) is 0 Å². The van der Waals surface area contributed by atoms with E-state index in [4.69, 9.17) is 4.99 Å². The number of piperidine rings is 1. The van der Waals surface area contributed by atoms with Crippen molar-refractivity contribution in [2.75, 3.05) is 32.7 Å². The van der Waals surface area contributed by atoms with E-state index in [0.717, 1.165) is 36.7 Å². The number of nitrogens with one attached hydrogen (secondary N) is 2. The number of hydrogen-bond donors (Lipinski definition) is 2. The van der Waals surface area contributed by atoms with Crippen molar-refractivity contribution in [2.24, 2.45) is 12.0 Å². The molecule has 0 radical (unpaired) electrons. The van der Waals surface area contributed by atoms with Gasteiger partial charge in [-0.2, -0.15) is 0 Å². The number of nitrogens with zero attached hydrogens (tertiary/aromatic N) is 6. The lowest BCUT2D eigenvalue weighted by atomic mass is 10.0. The molecule has 0 bridgehead atoms. The number of hydrogen-bond acceptors (Lipinski definition) is 5. The fraction of sp³-hybridized carbons (Fsp3) is 0.870. The average Bonchev–Trinajstić information content (AvgIpc) is 3.54. The van der Waals surface area contributed by atoms with Gasteiger partial charge in [-0.05, 0) is 58.5 Å². The van der Waals surface area contributed by atoms with Crippen LogP contribution in [0.15, 0.2) is 4.99 Å². The largest absolute Gasteiger partial charge is 0.355 e. The molecular formula is C23H42N8. The highest BCUT2D eigenvalue weighted by atomic mass is 15.3. The van der Waals surface area contributed by atoms with Crippen LogP contribution < -0.4 is 10.6 Å². The van der Waals surface area contributed by atoms with Gasteiger partial charge in [0.1, 0.15) is 12.4 Å². The van der Waals surface area contributed by atoms with Crippen LogP contribution in [0.4, 0.5) is 0 Å². The molecule has 174 valence electrons. The first-order valence-electron chi connectivity index (χ1n) is 12.5. The van der Waals surface area contributed by atoms with E-state index < -0.39 is 0 Å². The Labute approximate surface area is 187 Å². The van der Waals surface area contributed by atoms with Crippen molar-refractivity contribution in [2.45, 2.75) is 89.9 Å². The van der Waals surface area contributed by atoms with Crippen molar-refractivity contribution < 1.29 is 0 Å². The molecule has 2 saturated heterocycles. The molecule has 1 aromatic rings. The third-order valence-corrected chi connectivity index (χ3v) is 7.68. The molecule has 1 aromatic heterocycles. The average molecular weight is 431 g/mol. The normalized spacial score (nSPS) is 24.9. The highest BCUT2D eigenvalue weighted by Gasteiger charge is 2.28. The van der Waals surface area contributed by atoms with E-state index in [1.165, 1.54) is 71.0 Å². The van der Waals surface area contributed by atoms with Gasteiger partial charge in [0.2, 0.25) is 0 Å². The van der Waals surface area contributed by atoms with Crippen LogP contribution in [0.5, 0.6) is 0 Å². The standard InChI is InChI=1S/C23H42N8/c1-4-30-13-7-10-21(30)16-24-23(25-17-22-28-27-18(2)29(22)3)26-19-11-14-31(15-12-19)20-8-5-6-9-20/h19-21H,4-17H2,1-3H3,(H2,24,25,26). The fourth-order valence-electron chi connectivity index (χ4n) is 5.52. The second-order valence-corrected chi connectivity index (χ2v) is 9.59. The Balaban J connectivity index is 1.34. The first-order valence-corrected chi connectivity index (χ1v) is 12.5. The predicted molar refractivity (Wildman–Crippen MR) is 125 cm³/mol. The Morgan fingerprint density at radius 1 is 1.03 bits per heavy atom. The first kappa shape index (κ1) is 22.5. The van der Waals surface area contributed by atoms with Gasteiger partial charge in [-0.15, -0.1) is 10.2 Å². The molecule has 4 rings (SSSR count). The van der Waals surface area contributed by atoms with Crippen molar-refractivity contribution in [1.82, 2.24) is 35.2 Å². The lowest BCUT2D eigenvalue weighted by Crippen LogP contribution is -2.52. The number of rotatable bonds is 7. The Hall–Kier alpha value is -1.67. The maximum atomic E-state index is 4.91. The van der Waals surface area contributed by atoms with Gasteiger partial charge >= 0.3 is 0 Å². The molecule has 0 aromatic carbocycles. The predicted octanol–water partition coefficient (Wildman–Crippen LogP) is 2.05. The number of aryl methyl sites for hydroxylation is 1. The van der Waals surface area contributed by atoms with Gasteiger partial charge in [-0.3, -0.25) is 4.90 Å². The maximum Gasteiger partial charge on any atom is 0.191 e. The number of guanidine groups is 1. The molecule has 0 spiro atoms. The molecule has 3 aliphatic rings. The van der Waals surface area contributed by atoms with Crippen molar-refractivity contribution in [3.8, 4) is 0 Å². The zero-order valence-electron chi connectivity index (χ0n) is 19.8. The summed E-state index contributed by atoms with van der Waals surface area (Å²) < 4.78 is 2.02. The summed E-state index contributed by atoms with van der Waals surface area (Å²) in [6.45, 7) is 10.5. The summed E-state index contributed by atoms with van der Waals surface area (Å²) in [4.78, 5) is 10.2. The fourth-order valence-corrected chi connectivity index (χ4v) is 5.52. The minimum absolute atomic E-state index is 0.496. The number of aromatic nitrogens is 3. The van der Waals surface area contributed by atoms with Crippen LogP contribution >= 0.6 is 0 Å². The summed E-state index contributed by atoms with van der Waals surface area (Å²) in [5.74, 6) is 2.77. The maximum absolute atomic E-state index is 4.91. The Bertz CT molecular complexity index is 715. The minimum atomic E-state index is 0.496. The van der Waals surface area contributed by atoms with Crippen LogP contribution in [0.25, 0.3) is 0 Å². The molecule has 1 aliphatic carbocycles. The van der Waals surface area contributed by atoms with Crippen molar-refractivity contribution in [1.29, 1.82) is 0 Å². The molecule has 31 heavy (non-hydrogen) atoms. The summed E-state index contributed by atoms with van der Waals surface area (Å²) in [6, 6.07) is 1.95. The Morgan fingerprint density at radius 3 is 2.48 bits per heavy atom. The topological polar surface area (TPSA) is 73.6 Å². The van der Waals surface area contributed by atoms with Gasteiger partial charge in [0, 0.05) is 44.8 Å². The Morgan fingerprint density at radius 2 is 1.81 bits per heavy atom. The summed E-state index contributed by atoms with van der Waals surface area (Å²) in [5, 5.41) is 15.9. The second-order valence-electron chi connectivity index (χ2n) is 9.59. The van der Waals surface area contributed by atoms with Crippen LogP contribution in [0.1, 0.15) is 69.9 Å². The molecule has 3 fully saturated rings. The summed E-state index contributed by atoms with van der Waals surface area (Å²) in [5.41, 5.74) is 0. The van der Waals surface area contributed by atoms with Crippen LogP contribution in [-0.2, 0) is 13.6 Å². The van der Waals surface area contributed by atoms with E-state index in [-0.39, 0.29) is 0 Å². The van der Waals surface area contributed by atoms with Gasteiger partial charge in [-0.25, -0.2) is 4.99 Å². The van der Waals surface area contributed by atoms with E-state index in [1.54, 1.807) is 0 Å². The van der Waals surface area contributed by atoms with E-state index in [9.17, 15) is 0 Å². The Kier molecular flexibility index (Phi) is 7.82. The number of likely N-dealkylation sites (tertiary alicyclic amines) is 2. The van der Waals surface area contributed by atoms with Crippen LogP contribution in [0.2, 0.25) is 0 Å². The first-order chi connectivity index (χ1) is 15.1. The summed E-state index contributed by atoms with van der Waals surface area (Å²) in [7, 11) is 2.01. The molecule has 2 aliphatic heterocycles. The highest BCUT2D eigenvalue weighted by Crippen LogP contribution is 2.26. The van der Waals surface area contributed by atoms with Crippen LogP contribution in [-0.4, -0.2) is 81.4 Å².